The van der Waals surface area contributed by atoms with Crippen LogP contribution in [-0.2, 0) is 19.4 Å². The van der Waals surface area contributed by atoms with E-state index in [1.807, 2.05) is 4.90 Å². The molecule has 2 aliphatic heterocycles. The Bertz CT molecular complexity index is 604. The van der Waals surface area contributed by atoms with E-state index in [0.717, 1.165) is 12.8 Å². The van der Waals surface area contributed by atoms with Gasteiger partial charge in [-0.15, -0.1) is 0 Å². The minimum atomic E-state index is -2.99. The van der Waals surface area contributed by atoms with Crippen LogP contribution in [0.2, 0.25) is 0 Å². The summed E-state index contributed by atoms with van der Waals surface area (Å²) in [6.07, 6.45) is 5.15. The molecule has 2 saturated heterocycles. The summed E-state index contributed by atoms with van der Waals surface area (Å²) in [5, 5.41) is 0. The summed E-state index contributed by atoms with van der Waals surface area (Å²) in [6, 6.07) is 0.0847. The molecule has 1 aliphatic carbocycles. The number of likely N-dealkylation sites (tertiary alicyclic amines) is 1. The van der Waals surface area contributed by atoms with Crippen molar-refractivity contribution in [1.29, 1.82) is 0 Å². The van der Waals surface area contributed by atoms with Crippen molar-refractivity contribution >= 4 is 21.7 Å². The van der Waals surface area contributed by atoms with Crippen LogP contribution in [0.5, 0.6) is 0 Å². The van der Waals surface area contributed by atoms with Crippen LogP contribution >= 0.6 is 0 Å². The third-order valence-corrected chi connectivity index (χ3v) is 6.88. The second kappa shape index (κ2) is 6.26. The summed E-state index contributed by atoms with van der Waals surface area (Å²) < 4.78 is 23.5. The quantitative estimate of drug-likeness (QED) is 0.702. The van der Waals surface area contributed by atoms with Gasteiger partial charge in [-0.05, 0) is 38.2 Å². The van der Waals surface area contributed by atoms with E-state index in [1.54, 1.807) is 4.90 Å². The number of hydrogen-bond acceptors (Lipinski definition) is 4. The Balaban J connectivity index is 1.64. The Morgan fingerprint density at radius 1 is 1.04 bits per heavy atom. The van der Waals surface area contributed by atoms with E-state index >= 15 is 0 Å². The molecule has 2 heterocycles. The number of carbonyl (C=O) groups is 2. The van der Waals surface area contributed by atoms with Crippen molar-refractivity contribution in [3.05, 3.63) is 12.7 Å². The van der Waals surface area contributed by atoms with E-state index < -0.39 is 9.84 Å². The molecule has 1 unspecified atom stereocenters. The smallest absolute Gasteiger partial charge is 0.245 e. The third kappa shape index (κ3) is 3.59. The van der Waals surface area contributed by atoms with Crippen molar-refractivity contribution in [3.63, 3.8) is 0 Å². The number of rotatable bonds is 4. The fourth-order valence-electron chi connectivity index (χ4n) is 3.69. The number of nitrogens with zero attached hydrogens (tertiary/aromatic N) is 2. The van der Waals surface area contributed by atoms with Crippen molar-refractivity contribution < 1.29 is 18.0 Å². The second-order valence-corrected chi connectivity index (χ2v) is 9.07. The molecule has 0 N–H and O–H groups in total. The number of amides is 2. The van der Waals surface area contributed by atoms with Crippen LogP contribution in [0.4, 0.5) is 0 Å². The summed E-state index contributed by atoms with van der Waals surface area (Å²) in [4.78, 5) is 28.1. The first-order chi connectivity index (χ1) is 10.9. The van der Waals surface area contributed by atoms with Crippen LogP contribution in [0.25, 0.3) is 0 Å². The maximum atomic E-state index is 12.9. The van der Waals surface area contributed by atoms with Gasteiger partial charge in [0.05, 0.1) is 11.5 Å². The molecule has 0 aromatic carbocycles. The predicted octanol–water partition coefficient (Wildman–Crippen LogP) is 0.589. The average Bonchev–Trinajstić information content (AvgIpc) is 3.30. The van der Waals surface area contributed by atoms with Gasteiger partial charge in [-0.1, -0.05) is 6.58 Å². The van der Waals surface area contributed by atoms with Gasteiger partial charge in [-0.2, -0.15) is 0 Å². The van der Waals surface area contributed by atoms with E-state index in [4.69, 9.17) is 0 Å². The van der Waals surface area contributed by atoms with E-state index in [9.17, 15) is 18.0 Å². The minimum Gasteiger partial charge on any atom is -0.339 e. The van der Waals surface area contributed by atoms with Crippen LogP contribution in [0.15, 0.2) is 12.7 Å². The van der Waals surface area contributed by atoms with Gasteiger partial charge in [-0.3, -0.25) is 9.59 Å². The molecule has 3 aliphatic rings. The van der Waals surface area contributed by atoms with Gasteiger partial charge >= 0.3 is 0 Å². The number of hydrogen-bond donors (Lipinski definition) is 0. The Morgan fingerprint density at radius 2 is 1.70 bits per heavy atom. The average molecular weight is 340 g/mol. The van der Waals surface area contributed by atoms with Crippen molar-refractivity contribution in [3.8, 4) is 0 Å². The molecule has 0 bridgehead atoms. The molecular formula is C16H24N2O4S. The zero-order valence-electron chi connectivity index (χ0n) is 13.3. The lowest BCUT2D eigenvalue weighted by molar-refractivity contribution is -0.141. The molecule has 6 nitrogen and oxygen atoms in total. The molecular weight excluding hydrogens is 316 g/mol. The van der Waals surface area contributed by atoms with Crippen molar-refractivity contribution in [1.82, 2.24) is 9.80 Å². The van der Waals surface area contributed by atoms with Crippen LogP contribution in [0.3, 0.4) is 0 Å². The molecule has 3 fully saturated rings. The number of piperidine rings is 1. The van der Waals surface area contributed by atoms with Crippen molar-refractivity contribution in [2.24, 2.45) is 5.92 Å². The lowest BCUT2D eigenvalue weighted by Crippen LogP contribution is -2.48. The molecule has 128 valence electrons. The molecule has 3 rings (SSSR count). The first kappa shape index (κ1) is 16.5. The van der Waals surface area contributed by atoms with Gasteiger partial charge in [0.1, 0.15) is 0 Å². The Hall–Kier alpha value is -1.37. The Labute approximate surface area is 137 Å². The summed E-state index contributed by atoms with van der Waals surface area (Å²) in [5.74, 6) is 0.230. The highest BCUT2D eigenvalue weighted by molar-refractivity contribution is 7.91. The normalized spacial score (nSPS) is 27.7. The van der Waals surface area contributed by atoms with Crippen molar-refractivity contribution in [2.45, 2.75) is 44.2 Å². The standard InChI is InChI=1S/C16H24N2O4S/c1-2-15(19)17-8-5-12(6-9-17)16(20)18(13-3-4-13)14-7-10-23(21,22)11-14/h2,12-14H,1,3-11H2. The van der Waals surface area contributed by atoms with Crippen LogP contribution in [0.1, 0.15) is 32.1 Å². The maximum Gasteiger partial charge on any atom is 0.245 e. The second-order valence-electron chi connectivity index (χ2n) is 6.84. The van der Waals surface area contributed by atoms with Crippen LogP contribution in [0, 0.1) is 5.92 Å². The number of carbonyl (C=O) groups excluding carboxylic acids is 2. The zero-order valence-corrected chi connectivity index (χ0v) is 14.1. The van der Waals surface area contributed by atoms with Gasteiger partial charge in [-0.25, -0.2) is 8.42 Å². The van der Waals surface area contributed by atoms with Gasteiger partial charge in [0, 0.05) is 31.1 Å². The summed E-state index contributed by atoms with van der Waals surface area (Å²) >= 11 is 0. The zero-order chi connectivity index (χ0) is 16.6. The first-order valence-electron chi connectivity index (χ1n) is 8.35. The topological polar surface area (TPSA) is 74.8 Å². The largest absolute Gasteiger partial charge is 0.339 e. The van der Waals surface area contributed by atoms with Gasteiger partial charge < -0.3 is 9.80 Å². The van der Waals surface area contributed by atoms with Crippen LogP contribution < -0.4 is 0 Å². The van der Waals surface area contributed by atoms with E-state index in [0.29, 0.717) is 32.4 Å². The molecule has 23 heavy (non-hydrogen) atoms. The highest BCUT2D eigenvalue weighted by atomic mass is 32.2. The molecule has 7 heteroatoms. The third-order valence-electron chi connectivity index (χ3n) is 5.13. The fraction of sp³-hybridized carbons (Fsp3) is 0.750. The molecule has 1 atom stereocenters. The Kier molecular flexibility index (Phi) is 4.49. The maximum absolute atomic E-state index is 12.9. The van der Waals surface area contributed by atoms with Gasteiger partial charge in [0.15, 0.2) is 9.84 Å². The highest BCUT2D eigenvalue weighted by Gasteiger charge is 2.44. The molecule has 2 amide bonds. The minimum absolute atomic E-state index is 0.0863. The monoisotopic (exact) mass is 340 g/mol. The highest BCUT2D eigenvalue weighted by Crippen LogP contribution is 2.35. The predicted molar refractivity (Wildman–Crippen MR) is 86.4 cm³/mol. The van der Waals surface area contributed by atoms with Gasteiger partial charge in [0.25, 0.3) is 0 Å². The lowest BCUT2D eigenvalue weighted by atomic mass is 9.94. The first-order valence-corrected chi connectivity index (χ1v) is 10.2. The number of sulfone groups is 1. The van der Waals surface area contributed by atoms with E-state index in [-0.39, 0.29) is 41.3 Å². The summed E-state index contributed by atoms with van der Waals surface area (Å²) in [5.41, 5.74) is 0. The molecule has 0 spiro atoms. The SMILES string of the molecule is C=CC(=O)N1CCC(C(=O)N(C2CC2)C2CCS(=O)(=O)C2)CC1. The summed E-state index contributed by atoms with van der Waals surface area (Å²) in [7, 11) is -2.99. The van der Waals surface area contributed by atoms with E-state index in [2.05, 4.69) is 6.58 Å². The molecule has 0 aromatic rings. The fourth-order valence-corrected chi connectivity index (χ4v) is 5.40. The molecule has 1 saturated carbocycles. The van der Waals surface area contributed by atoms with Crippen LogP contribution in [-0.4, -0.2) is 66.7 Å². The van der Waals surface area contributed by atoms with E-state index in [1.165, 1.54) is 6.08 Å². The summed E-state index contributed by atoms with van der Waals surface area (Å²) in [6.45, 7) is 4.64. The molecule has 0 aromatic heterocycles. The lowest BCUT2D eigenvalue weighted by Gasteiger charge is -2.36. The Morgan fingerprint density at radius 3 is 2.17 bits per heavy atom. The van der Waals surface area contributed by atoms with Crippen molar-refractivity contribution in [2.75, 3.05) is 24.6 Å². The molecule has 0 radical (unpaired) electrons. The van der Waals surface area contributed by atoms with Gasteiger partial charge in [0.2, 0.25) is 11.8 Å².